The van der Waals surface area contributed by atoms with Crippen molar-refractivity contribution in [3.8, 4) is 0 Å². The Morgan fingerprint density at radius 3 is 1.88 bits per heavy atom. The molecule has 0 aliphatic rings. The van der Waals surface area contributed by atoms with E-state index in [1.807, 2.05) is 32.3 Å². The van der Waals surface area contributed by atoms with Crippen LogP contribution in [0.1, 0.15) is 89.2 Å². The summed E-state index contributed by atoms with van der Waals surface area (Å²) in [5.41, 5.74) is 1.23. The molecule has 0 aliphatic carbocycles. The Hall–Kier alpha value is -1.35. The second-order valence-corrected chi connectivity index (χ2v) is 8.21. The number of hydrogen-bond acceptors (Lipinski definition) is 2. The van der Waals surface area contributed by atoms with Crippen molar-refractivity contribution in [2.45, 2.75) is 83.6 Å². The number of aliphatic carboxylic acids is 1. The third-order valence-corrected chi connectivity index (χ3v) is 5.40. The molecule has 3 nitrogen and oxygen atoms in total. The third kappa shape index (κ3) is 9.38. The van der Waals surface area contributed by atoms with Crippen LogP contribution in [0.25, 0.3) is 0 Å². The fourth-order valence-corrected chi connectivity index (χ4v) is 3.86. The van der Waals surface area contributed by atoms with Gasteiger partial charge in [0.1, 0.15) is 12.6 Å². The molecule has 1 rings (SSSR count). The van der Waals surface area contributed by atoms with E-state index in [1.165, 1.54) is 63.4 Å². The Kier molecular flexibility index (Phi) is 11.3. The van der Waals surface area contributed by atoms with E-state index in [4.69, 9.17) is 0 Å². The molecule has 1 aromatic rings. The Balaban J connectivity index is 2.37. The van der Waals surface area contributed by atoms with Crippen LogP contribution in [-0.4, -0.2) is 31.1 Å². The van der Waals surface area contributed by atoms with Crippen LogP contribution in [0, 0.1) is 0 Å². The standard InChI is InChI=1S/C23H39NO2/c1-4-5-6-7-8-9-10-11-12-16-19-22(21-17-14-13-15-18-21)24(2,3)20-23(25)26/h13-15,17-18,22H,4-12,16,19-20H2,1-3H3. The van der Waals surface area contributed by atoms with Gasteiger partial charge in [-0.05, 0) is 6.42 Å². The lowest BCUT2D eigenvalue weighted by Crippen LogP contribution is -2.50. The van der Waals surface area contributed by atoms with Gasteiger partial charge >= 0.3 is 0 Å². The van der Waals surface area contributed by atoms with Crippen LogP contribution >= 0.6 is 0 Å². The highest BCUT2D eigenvalue weighted by molar-refractivity contribution is 5.65. The number of carbonyl (C=O) groups is 1. The van der Waals surface area contributed by atoms with Crippen molar-refractivity contribution in [2.24, 2.45) is 0 Å². The summed E-state index contributed by atoms with van der Waals surface area (Å²) >= 11 is 0. The van der Waals surface area contributed by atoms with Gasteiger partial charge in [0.2, 0.25) is 0 Å². The van der Waals surface area contributed by atoms with Crippen molar-refractivity contribution in [1.82, 2.24) is 0 Å². The highest BCUT2D eigenvalue weighted by Crippen LogP contribution is 2.30. The summed E-state index contributed by atoms with van der Waals surface area (Å²) in [6.07, 6.45) is 14.3. The van der Waals surface area contributed by atoms with Gasteiger partial charge in [0.15, 0.2) is 0 Å². The molecule has 0 aromatic heterocycles. The topological polar surface area (TPSA) is 40.1 Å². The molecule has 0 N–H and O–H groups in total. The number of hydrogen-bond donors (Lipinski definition) is 0. The first kappa shape index (κ1) is 22.7. The average Bonchev–Trinajstić information content (AvgIpc) is 2.59. The molecule has 1 aromatic carbocycles. The molecule has 0 aliphatic heterocycles. The van der Waals surface area contributed by atoms with Crippen molar-refractivity contribution in [3.63, 3.8) is 0 Å². The van der Waals surface area contributed by atoms with Crippen molar-refractivity contribution in [3.05, 3.63) is 35.9 Å². The number of nitrogens with zero attached hydrogens (tertiary/aromatic N) is 1. The highest BCUT2D eigenvalue weighted by atomic mass is 16.4. The molecule has 0 saturated heterocycles. The Bertz CT molecular complexity index is 484. The van der Waals surface area contributed by atoms with Gasteiger partial charge in [0.25, 0.3) is 0 Å². The summed E-state index contributed by atoms with van der Waals surface area (Å²) in [4.78, 5) is 11.2. The van der Waals surface area contributed by atoms with Gasteiger partial charge in [-0.25, -0.2) is 0 Å². The van der Waals surface area contributed by atoms with Crippen molar-refractivity contribution in [1.29, 1.82) is 0 Å². The van der Waals surface area contributed by atoms with Crippen molar-refractivity contribution < 1.29 is 14.4 Å². The number of quaternary nitrogens is 1. The van der Waals surface area contributed by atoms with E-state index in [0.29, 0.717) is 4.48 Å². The molecule has 148 valence electrons. The largest absolute Gasteiger partial charge is 0.544 e. The van der Waals surface area contributed by atoms with Gasteiger partial charge < -0.3 is 14.4 Å². The zero-order valence-corrected chi connectivity index (χ0v) is 17.2. The molecule has 0 heterocycles. The Morgan fingerprint density at radius 2 is 1.38 bits per heavy atom. The number of benzene rings is 1. The average molecular weight is 362 g/mol. The SMILES string of the molecule is CCCCCCCCCCCCC(c1ccccc1)[N+](C)(C)CC(=O)[O-]. The molecule has 26 heavy (non-hydrogen) atoms. The zero-order chi connectivity index (χ0) is 19.3. The number of carbonyl (C=O) groups excluding carboxylic acids is 1. The van der Waals surface area contributed by atoms with Crippen LogP contribution in [0.3, 0.4) is 0 Å². The second-order valence-electron chi connectivity index (χ2n) is 8.21. The summed E-state index contributed by atoms with van der Waals surface area (Å²) in [7, 11) is 4.01. The van der Waals surface area contributed by atoms with E-state index < -0.39 is 5.97 Å². The number of carboxylic acid groups (broad SMARTS) is 1. The van der Waals surface area contributed by atoms with Crippen molar-refractivity contribution in [2.75, 3.05) is 20.6 Å². The van der Waals surface area contributed by atoms with Crippen LogP contribution in [0.15, 0.2) is 30.3 Å². The summed E-state index contributed by atoms with van der Waals surface area (Å²) in [5.74, 6) is -0.973. The summed E-state index contributed by atoms with van der Waals surface area (Å²) in [6, 6.07) is 10.6. The summed E-state index contributed by atoms with van der Waals surface area (Å²) < 4.78 is 0.448. The van der Waals surface area contributed by atoms with Gasteiger partial charge in [-0.3, -0.25) is 0 Å². The minimum atomic E-state index is -0.973. The molecular formula is C23H39NO2. The number of rotatable bonds is 15. The minimum Gasteiger partial charge on any atom is -0.544 e. The second kappa shape index (κ2) is 12.9. The lowest BCUT2D eigenvalue weighted by atomic mass is 9.96. The molecule has 0 radical (unpaired) electrons. The van der Waals surface area contributed by atoms with Crippen LogP contribution in [-0.2, 0) is 4.79 Å². The predicted octanol–water partition coefficient (Wildman–Crippen LogP) is 4.87. The highest BCUT2D eigenvalue weighted by Gasteiger charge is 2.29. The van der Waals surface area contributed by atoms with Crippen LogP contribution < -0.4 is 5.11 Å². The lowest BCUT2D eigenvalue weighted by molar-refractivity contribution is -0.916. The van der Waals surface area contributed by atoms with Crippen LogP contribution in [0.5, 0.6) is 0 Å². The van der Waals surface area contributed by atoms with E-state index in [-0.39, 0.29) is 12.6 Å². The molecular weight excluding hydrogens is 322 g/mol. The molecule has 0 fully saturated rings. The Labute approximate surface area is 161 Å². The first-order valence-electron chi connectivity index (χ1n) is 10.5. The fraction of sp³-hybridized carbons (Fsp3) is 0.696. The maximum absolute atomic E-state index is 11.2. The lowest BCUT2D eigenvalue weighted by Gasteiger charge is -2.39. The third-order valence-electron chi connectivity index (χ3n) is 5.40. The smallest absolute Gasteiger partial charge is 0.119 e. The molecule has 0 bridgehead atoms. The van der Waals surface area contributed by atoms with E-state index in [0.717, 1.165) is 12.8 Å². The molecule has 0 spiro atoms. The number of likely N-dealkylation sites (N-methyl/N-ethyl adjacent to an activating group) is 1. The number of carboxylic acids is 1. The molecule has 0 saturated carbocycles. The molecule has 0 amide bonds. The van der Waals surface area contributed by atoms with Crippen LogP contribution in [0.2, 0.25) is 0 Å². The minimum absolute atomic E-state index is 0.0529. The molecule has 1 unspecified atom stereocenters. The van der Waals surface area contributed by atoms with E-state index in [1.54, 1.807) is 0 Å². The Morgan fingerprint density at radius 1 is 0.885 bits per heavy atom. The predicted molar refractivity (Wildman–Crippen MR) is 108 cm³/mol. The maximum Gasteiger partial charge on any atom is 0.119 e. The van der Waals surface area contributed by atoms with E-state index in [2.05, 4.69) is 19.1 Å². The summed E-state index contributed by atoms with van der Waals surface area (Å²) in [5, 5.41) is 11.2. The first-order valence-corrected chi connectivity index (χ1v) is 10.5. The summed E-state index contributed by atoms with van der Waals surface area (Å²) in [6.45, 7) is 2.31. The van der Waals surface area contributed by atoms with Gasteiger partial charge in [0.05, 0.1) is 20.1 Å². The zero-order valence-electron chi connectivity index (χ0n) is 17.2. The van der Waals surface area contributed by atoms with Gasteiger partial charge in [-0.15, -0.1) is 0 Å². The van der Waals surface area contributed by atoms with Crippen molar-refractivity contribution >= 4 is 5.97 Å². The molecule has 3 heteroatoms. The normalized spacial score (nSPS) is 12.9. The maximum atomic E-state index is 11.2. The van der Waals surface area contributed by atoms with E-state index in [9.17, 15) is 9.90 Å². The number of unbranched alkanes of at least 4 members (excludes halogenated alkanes) is 9. The van der Waals surface area contributed by atoms with Gasteiger partial charge in [-0.2, -0.15) is 0 Å². The monoisotopic (exact) mass is 361 g/mol. The van der Waals surface area contributed by atoms with E-state index >= 15 is 0 Å². The van der Waals surface area contributed by atoms with Gasteiger partial charge in [0, 0.05) is 12.0 Å². The fourth-order valence-electron chi connectivity index (χ4n) is 3.86. The van der Waals surface area contributed by atoms with Gasteiger partial charge in [-0.1, -0.05) is 95.0 Å². The molecule has 1 atom stereocenters. The first-order chi connectivity index (χ1) is 12.5. The van der Waals surface area contributed by atoms with Crippen LogP contribution in [0.4, 0.5) is 0 Å². The quantitative estimate of drug-likeness (QED) is 0.330.